The monoisotopic (exact) mass is 446 g/mol. The summed E-state index contributed by atoms with van der Waals surface area (Å²) in [5.41, 5.74) is 0.433. The molecule has 2 aromatic carbocycles. The molecule has 3 N–H and O–H groups in total. The van der Waals surface area contributed by atoms with Crippen LogP contribution in [0.4, 0.5) is 10.1 Å². The predicted molar refractivity (Wildman–Crippen MR) is 116 cm³/mol. The van der Waals surface area contributed by atoms with Crippen LogP contribution in [0.2, 0.25) is 0 Å². The summed E-state index contributed by atoms with van der Waals surface area (Å²) < 4.78 is 43.1. The van der Waals surface area contributed by atoms with Gasteiger partial charge in [0.1, 0.15) is 10.7 Å². The molecule has 3 aromatic rings. The van der Waals surface area contributed by atoms with Crippen molar-refractivity contribution in [3.8, 4) is 0 Å². The van der Waals surface area contributed by atoms with Gasteiger partial charge in [0.05, 0.1) is 16.6 Å². The molecule has 164 valence electrons. The van der Waals surface area contributed by atoms with Crippen molar-refractivity contribution in [3.63, 3.8) is 0 Å². The number of fused-ring (bicyclic) bond motifs is 1. The SMILES string of the molecule is CNc1cc2c(cc1S(=O)(=O)NC1CC(Cc3ccc(F)cc3)C1)c(=O)[nH]c(=O)n2C. The molecule has 1 heterocycles. The molecule has 0 aliphatic heterocycles. The molecule has 1 fully saturated rings. The topological polar surface area (TPSA) is 113 Å². The highest BCUT2D eigenvalue weighted by molar-refractivity contribution is 7.89. The van der Waals surface area contributed by atoms with Crippen LogP contribution in [0.15, 0.2) is 50.9 Å². The fourth-order valence-corrected chi connectivity index (χ4v) is 5.52. The first-order chi connectivity index (χ1) is 14.7. The lowest BCUT2D eigenvalue weighted by Gasteiger charge is -2.36. The maximum absolute atomic E-state index is 13.1. The van der Waals surface area contributed by atoms with E-state index in [-0.39, 0.29) is 22.1 Å². The van der Waals surface area contributed by atoms with E-state index in [4.69, 9.17) is 0 Å². The zero-order chi connectivity index (χ0) is 22.3. The first kappa shape index (κ1) is 21.3. The van der Waals surface area contributed by atoms with E-state index in [9.17, 15) is 22.4 Å². The van der Waals surface area contributed by atoms with Crippen LogP contribution in [0.5, 0.6) is 0 Å². The third kappa shape index (κ3) is 4.13. The molecular weight excluding hydrogens is 423 g/mol. The number of H-pyrrole nitrogens is 1. The Labute approximate surface area is 178 Å². The molecule has 0 atom stereocenters. The summed E-state index contributed by atoms with van der Waals surface area (Å²) >= 11 is 0. The van der Waals surface area contributed by atoms with Crippen molar-refractivity contribution in [2.24, 2.45) is 13.0 Å². The average molecular weight is 447 g/mol. The van der Waals surface area contributed by atoms with Crippen LogP contribution in [0.3, 0.4) is 0 Å². The molecule has 1 saturated carbocycles. The van der Waals surface area contributed by atoms with E-state index in [2.05, 4.69) is 15.0 Å². The van der Waals surface area contributed by atoms with Gasteiger partial charge in [-0.1, -0.05) is 12.1 Å². The highest BCUT2D eigenvalue weighted by atomic mass is 32.2. The van der Waals surface area contributed by atoms with Crippen molar-refractivity contribution >= 4 is 26.6 Å². The Hall–Kier alpha value is -2.98. The lowest BCUT2D eigenvalue weighted by molar-refractivity contribution is 0.247. The van der Waals surface area contributed by atoms with Gasteiger partial charge in [0.15, 0.2) is 0 Å². The molecule has 0 radical (unpaired) electrons. The van der Waals surface area contributed by atoms with Crippen LogP contribution in [-0.2, 0) is 23.5 Å². The summed E-state index contributed by atoms with van der Waals surface area (Å²) in [5, 5.41) is 2.95. The number of sulfonamides is 1. The van der Waals surface area contributed by atoms with E-state index < -0.39 is 21.3 Å². The molecule has 0 saturated heterocycles. The molecular formula is C21H23FN4O4S. The van der Waals surface area contributed by atoms with E-state index >= 15 is 0 Å². The van der Waals surface area contributed by atoms with Gasteiger partial charge in [-0.05, 0) is 55.0 Å². The number of aryl methyl sites for hydroxylation is 1. The number of aromatic nitrogens is 2. The van der Waals surface area contributed by atoms with Crippen LogP contribution >= 0.6 is 0 Å². The van der Waals surface area contributed by atoms with Gasteiger partial charge in [0, 0.05) is 20.1 Å². The molecule has 1 aliphatic rings. The highest BCUT2D eigenvalue weighted by Gasteiger charge is 2.33. The van der Waals surface area contributed by atoms with Crippen LogP contribution < -0.4 is 21.3 Å². The first-order valence-electron chi connectivity index (χ1n) is 9.89. The zero-order valence-electron chi connectivity index (χ0n) is 17.1. The minimum Gasteiger partial charge on any atom is -0.387 e. The van der Waals surface area contributed by atoms with Gasteiger partial charge in [-0.3, -0.25) is 14.3 Å². The normalized spacial score (nSPS) is 18.7. The number of rotatable bonds is 6. The quantitative estimate of drug-likeness (QED) is 0.534. The van der Waals surface area contributed by atoms with Crippen molar-refractivity contribution in [2.75, 3.05) is 12.4 Å². The number of benzene rings is 2. The Morgan fingerprint density at radius 1 is 1.16 bits per heavy atom. The van der Waals surface area contributed by atoms with Crippen molar-refractivity contribution in [1.82, 2.24) is 14.3 Å². The van der Waals surface area contributed by atoms with Crippen LogP contribution in [0.25, 0.3) is 10.9 Å². The largest absolute Gasteiger partial charge is 0.387 e. The van der Waals surface area contributed by atoms with E-state index in [0.29, 0.717) is 30.0 Å². The Morgan fingerprint density at radius 3 is 2.48 bits per heavy atom. The summed E-state index contributed by atoms with van der Waals surface area (Å²) in [6.45, 7) is 0. The molecule has 4 rings (SSSR count). The maximum atomic E-state index is 13.1. The molecule has 1 aromatic heterocycles. The second kappa shape index (κ2) is 7.93. The van der Waals surface area contributed by atoms with Crippen molar-refractivity contribution in [2.45, 2.75) is 30.2 Å². The van der Waals surface area contributed by atoms with Crippen molar-refractivity contribution in [3.05, 3.63) is 68.6 Å². The maximum Gasteiger partial charge on any atom is 0.328 e. The van der Waals surface area contributed by atoms with Crippen molar-refractivity contribution in [1.29, 1.82) is 0 Å². The molecule has 0 amide bonds. The molecule has 0 bridgehead atoms. The number of hydrogen-bond donors (Lipinski definition) is 3. The van der Waals surface area contributed by atoms with Crippen molar-refractivity contribution < 1.29 is 12.8 Å². The molecule has 31 heavy (non-hydrogen) atoms. The van der Waals surface area contributed by atoms with Crippen LogP contribution in [0, 0.1) is 11.7 Å². The Kier molecular flexibility index (Phi) is 5.44. The molecule has 10 heteroatoms. The van der Waals surface area contributed by atoms with Gasteiger partial charge in [-0.15, -0.1) is 0 Å². The first-order valence-corrected chi connectivity index (χ1v) is 11.4. The lowest BCUT2D eigenvalue weighted by Crippen LogP contribution is -2.45. The number of anilines is 1. The number of aromatic amines is 1. The Bertz CT molecular complexity index is 1360. The highest BCUT2D eigenvalue weighted by Crippen LogP contribution is 2.33. The van der Waals surface area contributed by atoms with Gasteiger partial charge in [0.25, 0.3) is 5.56 Å². The minimum atomic E-state index is -3.90. The smallest absolute Gasteiger partial charge is 0.328 e. The van der Waals surface area contributed by atoms with E-state index in [1.807, 2.05) is 0 Å². The molecule has 0 spiro atoms. The Morgan fingerprint density at radius 2 is 1.84 bits per heavy atom. The predicted octanol–water partition coefficient (Wildman–Crippen LogP) is 1.71. The van der Waals surface area contributed by atoms with Gasteiger partial charge in [-0.2, -0.15) is 0 Å². The lowest BCUT2D eigenvalue weighted by atomic mass is 9.77. The summed E-state index contributed by atoms with van der Waals surface area (Å²) in [6.07, 6.45) is 2.11. The molecule has 0 unspecified atom stereocenters. The Balaban J connectivity index is 1.54. The summed E-state index contributed by atoms with van der Waals surface area (Å²) in [4.78, 5) is 26.2. The fourth-order valence-electron chi connectivity index (χ4n) is 4.04. The second-order valence-electron chi connectivity index (χ2n) is 7.92. The number of nitrogens with one attached hydrogen (secondary N) is 3. The van der Waals surface area contributed by atoms with Gasteiger partial charge >= 0.3 is 5.69 Å². The molecule has 1 aliphatic carbocycles. The van der Waals surface area contributed by atoms with Gasteiger partial charge < -0.3 is 5.32 Å². The van der Waals surface area contributed by atoms with Gasteiger partial charge in [-0.25, -0.2) is 22.3 Å². The second-order valence-corrected chi connectivity index (χ2v) is 9.60. The van der Waals surface area contributed by atoms with Crippen LogP contribution in [0.1, 0.15) is 18.4 Å². The standard InChI is InChI=1S/C21H23FN4O4S/c1-23-17-11-18-16(20(27)24-21(28)26(18)2)10-19(17)31(29,30)25-15-8-13(9-15)7-12-3-5-14(22)6-4-12/h3-6,10-11,13,15,23,25H,7-9H2,1-2H3,(H,24,27,28). The van der Waals surface area contributed by atoms with E-state index in [1.165, 1.54) is 35.9 Å². The third-order valence-corrected chi connectivity index (χ3v) is 7.34. The van der Waals surface area contributed by atoms with Crippen LogP contribution in [-0.4, -0.2) is 31.1 Å². The third-order valence-electron chi connectivity index (χ3n) is 5.78. The van der Waals surface area contributed by atoms with Gasteiger partial charge in [0.2, 0.25) is 10.0 Å². The fraction of sp³-hybridized carbons (Fsp3) is 0.333. The number of nitrogens with zero attached hydrogens (tertiary/aromatic N) is 1. The number of halogens is 1. The average Bonchev–Trinajstić information content (AvgIpc) is 2.71. The van der Waals surface area contributed by atoms with E-state index in [0.717, 1.165) is 12.0 Å². The summed E-state index contributed by atoms with van der Waals surface area (Å²) in [5.74, 6) is 0.0357. The zero-order valence-corrected chi connectivity index (χ0v) is 17.9. The molecule has 8 nitrogen and oxygen atoms in total. The number of hydrogen-bond acceptors (Lipinski definition) is 5. The van der Waals surface area contributed by atoms with E-state index in [1.54, 1.807) is 19.2 Å². The minimum absolute atomic E-state index is 0.0476. The summed E-state index contributed by atoms with van der Waals surface area (Å²) in [6, 6.07) is 8.89. The summed E-state index contributed by atoms with van der Waals surface area (Å²) in [7, 11) is -0.819.